The molecule has 0 radical (unpaired) electrons. The van der Waals surface area contributed by atoms with Crippen molar-refractivity contribution in [2.75, 3.05) is 6.61 Å². The predicted octanol–water partition coefficient (Wildman–Crippen LogP) is 4.17. The summed E-state index contributed by atoms with van der Waals surface area (Å²) < 4.78 is 5.93. The molecule has 22 heavy (non-hydrogen) atoms. The molecule has 0 N–H and O–H groups in total. The molecule has 116 valence electrons. The van der Waals surface area contributed by atoms with Gasteiger partial charge in [-0.3, -0.25) is 4.79 Å². The number of benzene rings is 1. The third kappa shape index (κ3) is 3.94. The van der Waals surface area contributed by atoms with E-state index in [9.17, 15) is 9.59 Å². The van der Waals surface area contributed by atoms with Crippen LogP contribution in [0.25, 0.3) is 5.57 Å². The number of carbonyl (C=O) groups is 2. The smallest absolute Gasteiger partial charge is 0.338 e. The third-order valence-electron chi connectivity index (χ3n) is 3.23. The van der Waals surface area contributed by atoms with Crippen LogP contribution in [0.2, 0.25) is 0 Å². The van der Waals surface area contributed by atoms with Gasteiger partial charge in [0.05, 0.1) is 12.2 Å². The number of rotatable bonds is 6. The summed E-state index contributed by atoms with van der Waals surface area (Å²) in [7, 11) is 0. The molecule has 0 saturated heterocycles. The maximum atomic E-state index is 12.5. The first-order valence-corrected chi connectivity index (χ1v) is 7.84. The molecule has 0 spiro atoms. The summed E-state index contributed by atoms with van der Waals surface area (Å²) in [5, 5.41) is 0. The predicted molar refractivity (Wildman–Crippen MR) is 97.6 cm³/mol. The van der Waals surface area contributed by atoms with Crippen LogP contribution in [0.4, 0.5) is 0 Å². The first-order chi connectivity index (χ1) is 10.2. The van der Waals surface area contributed by atoms with Crippen LogP contribution in [0.1, 0.15) is 23.6 Å². The van der Waals surface area contributed by atoms with Gasteiger partial charge in [0.15, 0.2) is 5.78 Å². The third-order valence-corrected chi connectivity index (χ3v) is 3.86. The number of allylic oxidation sites excluding steroid dienone is 1. The van der Waals surface area contributed by atoms with Crippen molar-refractivity contribution in [2.24, 2.45) is 0 Å². The van der Waals surface area contributed by atoms with Crippen molar-refractivity contribution in [2.45, 2.75) is 20.8 Å². The lowest BCUT2D eigenvalue weighted by molar-refractivity contribution is -0.138. The van der Waals surface area contributed by atoms with E-state index in [4.69, 9.17) is 4.74 Å². The molecule has 0 aliphatic rings. The van der Waals surface area contributed by atoms with Gasteiger partial charge in [0.1, 0.15) is 0 Å². The minimum atomic E-state index is -0.635. The number of hydrogen-bond donors (Lipinski definition) is 0. The Morgan fingerprint density at radius 1 is 1.09 bits per heavy atom. The van der Waals surface area contributed by atoms with Crippen molar-refractivity contribution >= 4 is 39.9 Å². The van der Waals surface area contributed by atoms with Gasteiger partial charge in [0.2, 0.25) is 0 Å². The van der Waals surface area contributed by atoms with Crippen LogP contribution in [-0.4, -0.2) is 18.4 Å². The normalized spacial score (nSPS) is 10.0. The molecule has 0 saturated carbocycles. The van der Waals surface area contributed by atoms with E-state index in [1.807, 2.05) is 26.0 Å². The zero-order valence-electron chi connectivity index (χ0n) is 13.1. The molecule has 0 atom stereocenters. The number of halogens is 1. The van der Waals surface area contributed by atoms with E-state index in [-0.39, 0.29) is 17.8 Å². The summed E-state index contributed by atoms with van der Waals surface area (Å²) in [4.78, 5) is 24.2. The maximum absolute atomic E-state index is 12.5. The van der Waals surface area contributed by atoms with Gasteiger partial charge in [0, 0.05) is 14.7 Å². The van der Waals surface area contributed by atoms with Gasteiger partial charge >= 0.3 is 5.97 Å². The topological polar surface area (TPSA) is 43.4 Å². The van der Waals surface area contributed by atoms with Crippen LogP contribution in [0.15, 0.2) is 43.0 Å². The SMILES string of the molecule is C=C(C(=C)C(=O)C(=C)c1c(C)cc(I)cc1C)C(=O)OCC. The Morgan fingerprint density at radius 2 is 1.59 bits per heavy atom. The lowest BCUT2D eigenvalue weighted by atomic mass is 9.90. The van der Waals surface area contributed by atoms with Crippen molar-refractivity contribution in [3.8, 4) is 0 Å². The Kier molecular flexibility index (Phi) is 6.29. The first kappa shape index (κ1) is 18.4. The molecule has 0 aromatic heterocycles. The highest BCUT2D eigenvalue weighted by atomic mass is 127. The highest BCUT2D eigenvalue weighted by Crippen LogP contribution is 2.27. The minimum absolute atomic E-state index is 0.0146. The highest BCUT2D eigenvalue weighted by molar-refractivity contribution is 14.1. The summed E-state index contributed by atoms with van der Waals surface area (Å²) in [5.41, 5.74) is 2.98. The van der Waals surface area contributed by atoms with Gasteiger partial charge in [-0.05, 0) is 72.2 Å². The summed E-state index contributed by atoms with van der Waals surface area (Å²) >= 11 is 2.22. The molecule has 0 fully saturated rings. The zero-order chi connectivity index (χ0) is 17.0. The number of ether oxygens (including phenoxy) is 1. The van der Waals surface area contributed by atoms with Crippen molar-refractivity contribution < 1.29 is 14.3 Å². The Morgan fingerprint density at radius 3 is 2.05 bits per heavy atom. The molecule has 1 aromatic carbocycles. The lowest BCUT2D eigenvalue weighted by Crippen LogP contribution is -2.15. The minimum Gasteiger partial charge on any atom is -0.462 e. The fraction of sp³-hybridized carbons (Fsp3) is 0.222. The molecule has 0 unspecified atom stereocenters. The maximum Gasteiger partial charge on any atom is 0.338 e. The van der Waals surface area contributed by atoms with Crippen LogP contribution in [0.3, 0.4) is 0 Å². The van der Waals surface area contributed by atoms with Crippen LogP contribution in [-0.2, 0) is 14.3 Å². The second-order valence-electron chi connectivity index (χ2n) is 4.90. The van der Waals surface area contributed by atoms with Gasteiger partial charge in [-0.15, -0.1) is 0 Å². The van der Waals surface area contributed by atoms with E-state index < -0.39 is 11.8 Å². The molecule has 0 amide bonds. The average Bonchev–Trinajstić information content (AvgIpc) is 2.43. The molecular formula is C18H19IO3. The van der Waals surface area contributed by atoms with Gasteiger partial charge < -0.3 is 4.74 Å². The van der Waals surface area contributed by atoms with Crippen molar-refractivity contribution in [1.82, 2.24) is 0 Å². The molecule has 1 aromatic rings. The molecule has 4 heteroatoms. The molecule has 3 nitrogen and oxygen atoms in total. The molecule has 0 aliphatic carbocycles. The number of aryl methyl sites for hydroxylation is 2. The standard InChI is InChI=1S/C18H19IO3/c1-7-22-18(21)13(5)12(4)17(20)14(6)16-10(2)8-15(19)9-11(16)3/h8-9H,4-7H2,1-3H3. The van der Waals surface area contributed by atoms with Crippen LogP contribution in [0, 0.1) is 17.4 Å². The summed E-state index contributed by atoms with van der Waals surface area (Å²) in [6, 6.07) is 3.95. The quantitative estimate of drug-likeness (QED) is 0.306. The van der Waals surface area contributed by atoms with E-state index in [1.165, 1.54) is 0 Å². The first-order valence-electron chi connectivity index (χ1n) is 6.76. The average molecular weight is 410 g/mol. The van der Waals surface area contributed by atoms with Crippen molar-refractivity contribution in [1.29, 1.82) is 0 Å². The second kappa shape index (κ2) is 7.54. The van der Waals surface area contributed by atoms with Crippen molar-refractivity contribution in [3.05, 3.63) is 63.3 Å². The fourth-order valence-corrected chi connectivity index (χ4v) is 3.10. The summed E-state index contributed by atoms with van der Waals surface area (Å²) in [5.74, 6) is -1.03. The molecule has 1 rings (SSSR count). The zero-order valence-corrected chi connectivity index (χ0v) is 15.2. The fourth-order valence-electron chi connectivity index (χ4n) is 2.16. The molecule has 0 bridgehead atoms. The van der Waals surface area contributed by atoms with Crippen LogP contribution < -0.4 is 0 Å². The Labute approximate surface area is 144 Å². The number of carbonyl (C=O) groups excluding carboxylic acids is 2. The van der Waals surface area contributed by atoms with E-state index in [0.717, 1.165) is 20.3 Å². The second-order valence-corrected chi connectivity index (χ2v) is 6.15. The van der Waals surface area contributed by atoms with E-state index in [0.29, 0.717) is 5.57 Å². The van der Waals surface area contributed by atoms with Crippen LogP contribution >= 0.6 is 22.6 Å². The Bertz CT molecular complexity index is 661. The molecule has 0 aliphatic heterocycles. The molecular weight excluding hydrogens is 391 g/mol. The monoisotopic (exact) mass is 410 g/mol. The Balaban J connectivity index is 3.09. The largest absolute Gasteiger partial charge is 0.462 e. The summed E-state index contributed by atoms with van der Waals surface area (Å²) in [6.07, 6.45) is 0. The van der Waals surface area contributed by atoms with Crippen LogP contribution in [0.5, 0.6) is 0 Å². The number of Topliss-reactive ketones (excluding diaryl/α,β-unsaturated/α-hetero) is 1. The van der Waals surface area contributed by atoms with E-state index in [1.54, 1.807) is 6.92 Å². The van der Waals surface area contributed by atoms with Gasteiger partial charge in [-0.25, -0.2) is 4.79 Å². The number of hydrogen-bond acceptors (Lipinski definition) is 3. The summed E-state index contributed by atoms with van der Waals surface area (Å²) in [6.45, 7) is 16.9. The van der Waals surface area contributed by atoms with Gasteiger partial charge in [-0.1, -0.05) is 19.7 Å². The number of esters is 1. The van der Waals surface area contributed by atoms with Gasteiger partial charge in [0.25, 0.3) is 0 Å². The lowest BCUT2D eigenvalue weighted by Gasteiger charge is -2.14. The highest BCUT2D eigenvalue weighted by Gasteiger charge is 2.22. The molecule has 0 heterocycles. The van der Waals surface area contributed by atoms with Crippen molar-refractivity contribution in [3.63, 3.8) is 0 Å². The van der Waals surface area contributed by atoms with E-state index in [2.05, 4.69) is 42.3 Å². The van der Waals surface area contributed by atoms with Gasteiger partial charge in [-0.2, -0.15) is 0 Å². The Hall–Kier alpha value is -1.69. The number of ketones is 1. The van der Waals surface area contributed by atoms with E-state index >= 15 is 0 Å².